The second-order valence-corrected chi connectivity index (χ2v) is 22.6. The molecule has 18 nitrogen and oxygen atoms in total. The highest BCUT2D eigenvalue weighted by Crippen LogP contribution is 2.29. The number of nitrogens with two attached hydrogens (primary N) is 2. The van der Waals surface area contributed by atoms with E-state index in [1.165, 1.54) is 0 Å². The first-order valence-corrected chi connectivity index (χ1v) is 22.0. The van der Waals surface area contributed by atoms with Crippen LogP contribution in [0.1, 0.15) is 88.5 Å². The molecule has 382 valence electrons. The lowest BCUT2D eigenvalue weighted by Gasteiger charge is -2.30. The fourth-order valence-corrected chi connectivity index (χ4v) is 5.41. The van der Waals surface area contributed by atoms with Crippen molar-refractivity contribution in [2.45, 2.75) is 127 Å². The Morgan fingerprint density at radius 1 is 0.677 bits per heavy atom. The van der Waals surface area contributed by atoms with Gasteiger partial charge in [0.2, 0.25) is 0 Å². The number of halogens is 5. The summed E-state index contributed by atoms with van der Waals surface area (Å²) in [6, 6.07) is 0. The summed E-state index contributed by atoms with van der Waals surface area (Å²) in [4.78, 5) is 79.0. The summed E-state index contributed by atoms with van der Waals surface area (Å²) < 4.78 is 63.2. The smallest absolute Gasteiger partial charge is 0.430 e. The van der Waals surface area contributed by atoms with Crippen molar-refractivity contribution in [2.75, 3.05) is 81.7 Å². The summed E-state index contributed by atoms with van der Waals surface area (Å²) in [5.41, 5.74) is 8.42. The first-order valence-electron chi connectivity index (χ1n) is 20.3. The van der Waals surface area contributed by atoms with Crippen molar-refractivity contribution in [1.82, 2.24) is 0 Å². The van der Waals surface area contributed by atoms with Gasteiger partial charge in [-0.15, -0.1) is 0 Å². The van der Waals surface area contributed by atoms with Gasteiger partial charge in [0.05, 0.1) is 60.5 Å². The number of carboxylic acids is 1. The summed E-state index contributed by atoms with van der Waals surface area (Å²) in [5, 5.41) is 8.78. The molecule has 3 atom stereocenters. The predicted octanol–water partition coefficient (Wildman–Crippen LogP) is 3.50. The van der Waals surface area contributed by atoms with Crippen LogP contribution in [0, 0.1) is 5.41 Å². The SMILES string of the molecule is C=CC(=O)OC(CC(=O)OC(C)(C)C)C[N+](C)(C)C.CC(C)(Br)C(=O)OCCN.CC(C)(C)OC(=O)CC(C[N+](C)(C)C)OC(=O)C(Br)CC(C)(C)C(=O)OCCN.O=C([O-])C(F)(F)F. The molecule has 0 bridgehead atoms. The number of carboxylic acid groups (broad SMARTS) is 1. The number of hydrogen-bond acceptors (Lipinski definition) is 16. The third-order valence-electron chi connectivity index (χ3n) is 6.78. The molecule has 0 heterocycles. The van der Waals surface area contributed by atoms with E-state index in [4.69, 9.17) is 49.8 Å². The third-order valence-corrected chi connectivity index (χ3v) is 7.80. The molecule has 3 unspecified atom stereocenters. The van der Waals surface area contributed by atoms with E-state index in [9.17, 15) is 41.9 Å². The minimum atomic E-state index is -5.19. The Hall–Kier alpha value is -3.38. The Labute approximate surface area is 399 Å². The lowest BCUT2D eigenvalue weighted by molar-refractivity contribution is -0.873. The Morgan fingerprint density at radius 3 is 1.29 bits per heavy atom. The molecule has 0 spiro atoms. The van der Waals surface area contributed by atoms with E-state index in [-0.39, 0.29) is 51.0 Å². The maximum Gasteiger partial charge on any atom is 0.430 e. The van der Waals surface area contributed by atoms with Crippen LogP contribution in [0.2, 0.25) is 0 Å². The lowest BCUT2D eigenvalue weighted by atomic mass is 9.88. The van der Waals surface area contributed by atoms with Crippen LogP contribution >= 0.6 is 31.9 Å². The normalized spacial score (nSPS) is 13.5. The fraction of sp³-hybridized carbons (Fsp3) is 0.786. The number of likely N-dealkylation sites (N-methyl/N-ethyl adjacent to an activating group) is 2. The van der Waals surface area contributed by atoms with E-state index in [1.807, 2.05) is 42.3 Å². The van der Waals surface area contributed by atoms with E-state index in [0.717, 1.165) is 6.08 Å². The maximum absolute atomic E-state index is 12.6. The van der Waals surface area contributed by atoms with Gasteiger partial charge in [-0.25, -0.2) is 4.79 Å². The Morgan fingerprint density at radius 2 is 1.02 bits per heavy atom. The van der Waals surface area contributed by atoms with Crippen molar-refractivity contribution >= 4 is 73.6 Å². The standard InChI is InChI=1S/C20H38BrN2O6.C14H26NO4.C6H12BrNO2.C2HF3O2/c1-19(2,3)29-16(24)11-14(13-23(6,7)8)28-17(25)15(21)12-20(4,5)18(26)27-10-9-22;1-8-12(16)18-11(10-15(5,6)7)9-13(17)19-14(2,3)4;1-6(2,7)5(9)10-4-3-8;3-2(4,5)1(6)7/h14-15H,9-13,22H2,1-8H3;8,11H,1,9-10H2,2-7H3;3-4,8H2,1-2H3;(H,6,7)/q2*+1;;/p-1. The van der Waals surface area contributed by atoms with Crippen LogP contribution in [-0.4, -0.2) is 171 Å². The second-order valence-electron chi connectivity index (χ2n) is 19.5. The number of quaternary nitrogens is 2. The number of carbonyl (C=O) groups is 7. The summed E-state index contributed by atoms with van der Waals surface area (Å²) in [5.74, 6) is -5.58. The van der Waals surface area contributed by atoms with E-state index >= 15 is 0 Å². The van der Waals surface area contributed by atoms with Crippen molar-refractivity contribution in [3.8, 4) is 0 Å². The van der Waals surface area contributed by atoms with Crippen molar-refractivity contribution in [3.63, 3.8) is 0 Å². The number of alkyl halides is 5. The topological polar surface area (TPSA) is 250 Å². The molecule has 0 radical (unpaired) electrons. The molecule has 65 heavy (non-hydrogen) atoms. The zero-order valence-corrected chi connectivity index (χ0v) is 44.2. The number of nitrogens with zero attached hydrogens (tertiary/aromatic N) is 2. The monoisotopic (exact) mass is 1080 g/mol. The van der Waals surface area contributed by atoms with Crippen LogP contribution in [0.15, 0.2) is 12.7 Å². The Balaban J connectivity index is -0.000000438. The van der Waals surface area contributed by atoms with Gasteiger partial charge >= 0.3 is 42.0 Å². The molecule has 0 saturated carbocycles. The molecule has 0 saturated heterocycles. The van der Waals surface area contributed by atoms with Crippen LogP contribution in [-0.2, 0) is 62.0 Å². The quantitative estimate of drug-likeness (QED) is 0.0582. The molecule has 0 fully saturated rings. The van der Waals surface area contributed by atoms with E-state index in [1.54, 1.807) is 69.2 Å². The van der Waals surface area contributed by atoms with E-state index < -0.39 is 74.0 Å². The van der Waals surface area contributed by atoms with Crippen molar-refractivity contribution < 1.29 is 89.2 Å². The average Bonchev–Trinajstić information content (AvgIpc) is 3.05. The molecule has 0 amide bonds. The van der Waals surface area contributed by atoms with Gasteiger partial charge in [0, 0.05) is 19.2 Å². The largest absolute Gasteiger partial charge is 0.542 e. The summed E-state index contributed by atoms with van der Waals surface area (Å²) in [7, 11) is 11.7. The minimum Gasteiger partial charge on any atom is -0.542 e. The first-order chi connectivity index (χ1) is 28.8. The number of esters is 6. The molecule has 0 aliphatic carbocycles. The molecule has 4 N–H and O–H groups in total. The van der Waals surface area contributed by atoms with Gasteiger partial charge in [0.25, 0.3) is 0 Å². The minimum absolute atomic E-state index is 0.0415. The highest BCUT2D eigenvalue weighted by Gasteiger charge is 2.37. The predicted molar refractivity (Wildman–Crippen MR) is 242 cm³/mol. The molecule has 23 heteroatoms. The van der Waals surface area contributed by atoms with Crippen LogP contribution in [0.25, 0.3) is 0 Å². The lowest BCUT2D eigenvalue weighted by Crippen LogP contribution is -2.45. The van der Waals surface area contributed by atoms with Gasteiger partial charge in [-0.2, -0.15) is 13.2 Å². The van der Waals surface area contributed by atoms with E-state index in [0.29, 0.717) is 28.6 Å². The molecule has 0 aliphatic rings. The van der Waals surface area contributed by atoms with Gasteiger partial charge in [-0.1, -0.05) is 38.4 Å². The maximum atomic E-state index is 12.6. The third kappa shape index (κ3) is 43.0. The fourth-order valence-electron chi connectivity index (χ4n) is 4.38. The van der Waals surface area contributed by atoms with Crippen LogP contribution in [0.5, 0.6) is 0 Å². The summed E-state index contributed by atoms with van der Waals surface area (Å²) >= 11 is 6.47. The molecule has 0 aromatic rings. The second kappa shape index (κ2) is 30.1. The molecular formula is C42H76Br2F3N4O14+. The number of rotatable bonds is 20. The molecule has 0 aliphatic heterocycles. The zero-order chi connectivity index (χ0) is 52.6. The zero-order valence-electron chi connectivity index (χ0n) is 41.0. The van der Waals surface area contributed by atoms with Gasteiger partial charge in [-0.05, 0) is 75.7 Å². The van der Waals surface area contributed by atoms with Gasteiger partial charge in [0.1, 0.15) is 52.6 Å². The molecule has 0 aromatic heterocycles. The van der Waals surface area contributed by atoms with Crippen LogP contribution < -0.4 is 16.6 Å². The average molecular weight is 1080 g/mol. The Kier molecular flexibility index (Phi) is 31.6. The van der Waals surface area contributed by atoms with Gasteiger partial charge in [0.15, 0.2) is 12.2 Å². The highest BCUT2D eigenvalue weighted by molar-refractivity contribution is 9.10. The first kappa shape index (κ1) is 68.2. The van der Waals surface area contributed by atoms with Crippen molar-refractivity contribution in [3.05, 3.63) is 12.7 Å². The van der Waals surface area contributed by atoms with Crippen LogP contribution in [0.3, 0.4) is 0 Å². The van der Waals surface area contributed by atoms with Crippen molar-refractivity contribution in [1.29, 1.82) is 0 Å². The van der Waals surface area contributed by atoms with Crippen molar-refractivity contribution in [2.24, 2.45) is 16.9 Å². The number of carbonyl (C=O) groups excluding carboxylic acids is 7. The Bertz CT molecular complexity index is 1510. The van der Waals surface area contributed by atoms with Crippen LogP contribution in [0.4, 0.5) is 13.2 Å². The van der Waals surface area contributed by atoms with E-state index in [2.05, 4.69) is 38.4 Å². The highest BCUT2D eigenvalue weighted by atomic mass is 79.9. The number of hydrogen-bond donors (Lipinski definition) is 2. The summed E-state index contributed by atoms with van der Waals surface area (Å²) in [6.45, 7) is 22.9. The summed E-state index contributed by atoms with van der Waals surface area (Å²) in [6.07, 6.45) is -5.08. The number of ether oxygens (including phenoxy) is 6. The van der Waals surface area contributed by atoms with Gasteiger partial charge in [-0.3, -0.25) is 24.0 Å². The molecule has 0 aromatic carbocycles. The number of aliphatic carboxylic acids is 1. The molecule has 0 rings (SSSR count). The van der Waals surface area contributed by atoms with Gasteiger partial charge < -0.3 is 58.8 Å². The molecular weight excluding hydrogens is 1000 g/mol.